The van der Waals surface area contributed by atoms with Gasteiger partial charge in [-0.05, 0) is 45.6 Å². The molecule has 1 amide bonds. The third-order valence-electron chi connectivity index (χ3n) is 4.88. The van der Waals surface area contributed by atoms with Crippen LogP contribution in [0.2, 0.25) is 0 Å². The van der Waals surface area contributed by atoms with Crippen LogP contribution in [-0.2, 0) is 0 Å². The number of nitrogens with one attached hydrogen (secondary N) is 1. The van der Waals surface area contributed by atoms with Gasteiger partial charge in [-0.3, -0.25) is 9.79 Å². The molecule has 0 unspecified atom stereocenters. The van der Waals surface area contributed by atoms with Crippen molar-refractivity contribution in [1.82, 2.24) is 20.0 Å². The fourth-order valence-electron chi connectivity index (χ4n) is 3.29. The van der Waals surface area contributed by atoms with Crippen LogP contribution >= 0.6 is 0 Å². The van der Waals surface area contributed by atoms with Crippen LogP contribution in [0.4, 0.5) is 0 Å². The number of carbonyl (C=O) groups is 1. The second-order valence-electron chi connectivity index (χ2n) is 7.30. The summed E-state index contributed by atoms with van der Waals surface area (Å²) >= 11 is 0. The Morgan fingerprint density at radius 1 is 1.11 bits per heavy atom. The molecule has 1 fully saturated rings. The number of piperazine rings is 1. The van der Waals surface area contributed by atoms with Gasteiger partial charge in [0, 0.05) is 39.8 Å². The topological polar surface area (TPSA) is 64.3 Å². The largest absolute Gasteiger partial charge is 0.459 e. The molecule has 0 spiro atoms. The normalized spacial score (nSPS) is 15.5. The van der Waals surface area contributed by atoms with E-state index in [0.717, 1.165) is 32.0 Å². The smallest absolute Gasteiger partial charge is 0.289 e. The minimum Gasteiger partial charge on any atom is -0.459 e. The Hall–Kier alpha value is -2.02. The van der Waals surface area contributed by atoms with Gasteiger partial charge in [-0.1, -0.05) is 19.3 Å². The van der Waals surface area contributed by atoms with Gasteiger partial charge in [0.25, 0.3) is 5.91 Å². The minimum atomic E-state index is -0.0307. The molecule has 1 aliphatic heterocycles. The molecule has 1 aromatic rings. The van der Waals surface area contributed by atoms with Gasteiger partial charge < -0.3 is 24.4 Å². The van der Waals surface area contributed by atoms with Crippen molar-refractivity contribution < 1.29 is 9.21 Å². The lowest BCUT2D eigenvalue weighted by molar-refractivity contribution is 0.0657. The number of unbranched alkanes of at least 4 members (excludes halogenated alkanes) is 4. The summed E-state index contributed by atoms with van der Waals surface area (Å²) in [5, 5.41) is 3.47. The van der Waals surface area contributed by atoms with Crippen LogP contribution in [0, 0.1) is 0 Å². The summed E-state index contributed by atoms with van der Waals surface area (Å²) in [7, 11) is 6.08. The summed E-state index contributed by atoms with van der Waals surface area (Å²) in [6.45, 7) is 5.08. The molecule has 2 rings (SSSR count). The zero-order valence-electron chi connectivity index (χ0n) is 17.1. The van der Waals surface area contributed by atoms with E-state index >= 15 is 0 Å². The van der Waals surface area contributed by atoms with Gasteiger partial charge in [0.2, 0.25) is 0 Å². The summed E-state index contributed by atoms with van der Waals surface area (Å²) in [6.07, 6.45) is 7.83. The number of amides is 1. The van der Waals surface area contributed by atoms with Crippen molar-refractivity contribution in [1.29, 1.82) is 0 Å². The Morgan fingerprint density at radius 3 is 2.41 bits per heavy atom. The number of aliphatic imine (C=N–C) groups is 1. The molecule has 27 heavy (non-hydrogen) atoms. The van der Waals surface area contributed by atoms with E-state index in [2.05, 4.69) is 34.2 Å². The minimum absolute atomic E-state index is 0.0307. The molecule has 152 valence electrons. The number of hydrogen-bond donors (Lipinski definition) is 1. The molecular formula is C20H35N5O2. The lowest BCUT2D eigenvalue weighted by Gasteiger charge is -2.36. The second-order valence-corrected chi connectivity index (χ2v) is 7.30. The maximum absolute atomic E-state index is 12.3. The highest BCUT2D eigenvalue weighted by atomic mass is 16.3. The quantitative estimate of drug-likeness (QED) is 0.406. The lowest BCUT2D eigenvalue weighted by atomic mass is 10.1. The van der Waals surface area contributed by atoms with E-state index in [4.69, 9.17) is 4.42 Å². The fourth-order valence-corrected chi connectivity index (χ4v) is 3.29. The predicted molar refractivity (Wildman–Crippen MR) is 109 cm³/mol. The molecule has 0 aliphatic carbocycles. The molecule has 2 heterocycles. The van der Waals surface area contributed by atoms with Crippen molar-refractivity contribution >= 4 is 11.9 Å². The zero-order valence-corrected chi connectivity index (χ0v) is 17.1. The maximum Gasteiger partial charge on any atom is 0.289 e. The van der Waals surface area contributed by atoms with Crippen molar-refractivity contribution in [2.75, 3.05) is 60.4 Å². The van der Waals surface area contributed by atoms with E-state index in [1.54, 1.807) is 12.1 Å². The van der Waals surface area contributed by atoms with Gasteiger partial charge in [-0.15, -0.1) is 0 Å². The van der Waals surface area contributed by atoms with Crippen LogP contribution in [0.25, 0.3) is 0 Å². The number of rotatable bonds is 9. The molecule has 1 N–H and O–H groups in total. The number of nitrogens with zero attached hydrogens (tertiary/aromatic N) is 4. The molecule has 1 aromatic heterocycles. The molecule has 7 nitrogen and oxygen atoms in total. The van der Waals surface area contributed by atoms with Crippen molar-refractivity contribution in [3.63, 3.8) is 0 Å². The van der Waals surface area contributed by atoms with Crippen LogP contribution in [0.5, 0.6) is 0 Å². The number of carbonyl (C=O) groups excluding carboxylic acids is 1. The van der Waals surface area contributed by atoms with Gasteiger partial charge in [-0.25, -0.2) is 0 Å². The number of furan rings is 1. The van der Waals surface area contributed by atoms with Gasteiger partial charge >= 0.3 is 0 Å². The molecule has 1 aliphatic rings. The van der Waals surface area contributed by atoms with Crippen LogP contribution in [0.3, 0.4) is 0 Å². The Kier molecular flexibility index (Phi) is 9.18. The summed E-state index contributed by atoms with van der Waals surface area (Å²) in [6, 6.07) is 3.47. The van der Waals surface area contributed by atoms with Gasteiger partial charge in [0.05, 0.1) is 6.26 Å². The average molecular weight is 378 g/mol. The zero-order chi connectivity index (χ0) is 19.5. The summed E-state index contributed by atoms with van der Waals surface area (Å²) in [5.74, 6) is 1.32. The molecule has 0 saturated carbocycles. The Labute approximate surface area is 163 Å². The van der Waals surface area contributed by atoms with E-state index < -0.39 is 0 Å². The highest BCUT2D eigenvalue weighted by molar-refractivity contribution is 5.91. The van der Waals surface area contributed by atoms with Crippen molar-refractivity contribution in [3.05, 3.63) is 24.2 Å². The molecule has 1 saturated heterocycles. The van der Waals surface area contributed by atoms with Gasteiger partial charge in [0.15, 0.2) is 11.7 Å². The maximum atomic E-state index is 12.3. The highest BCUT2D eigenvalue weighted by Gasteiger charge is 2.24. The van der Waals surface area contributed by atoms with Crippen molar-refractivity contribution in [2.24, 2.45) is 4.99 Å². The summed E-state index contributed by atoms with van der Waals surface area (Å²) in [5.41, 5.74) is 0. The first-order chi connectivity index (χ1) is 13.1. The molecule has 0 radical (unpaired) electrons. The first-order valence-electron chi connectivity index (χ1n) is 10.0. The average Bonchev–Trinajstić information content (AvgIpc) is 3.21. The predicted octanol–water partition coefficient (Wildman–Crippen LogP) is 2.12. The van der Waals surface area contributed by atoms with Crippen LogP contribution in [0.1, 0.15) is 42.7 Å². The van der Waals surface area contributed by atoms with Crippen LogP contribution in [-0.4, -0.2) is 87.0 Å². The van der Waals surface area contributed by atoms with E-state index in [1.807, 2.05) is 11.9 Å². The van der Waals surface area contributed by atoms with Crippen molar-refractivity contribution in [3.8, 4) is 0 Å². The molecule has 0 atom stereocenters. The Balaban J connectivity index is 1.60. The highest BCUT2D eigenvalue weighted by Crippen LogP contribution is 2.10. The Morgan fingerprint density at radius 2 is 1.78 bits per heavy atom. The fraction of sp³-hybridized carbons (Fsp3) is 0.700. The first kappa shape index (κ1) is 21.3. The van der Waals surface area contributed by atoms with E-state index in [9.17, 15) is 4.79 Å². The second kappa shape index (κ2) is 11.6. The molecule has 0 bridgehead atoms. The standard InChI is InChI=1S/C20H35N5O2/c1-21-20(22-11-7-5-4-6-8-12-23(2)3)25-15-13-24(14-16-25)19(26)18-10-9-17-27-18/h9-10,17H,4-8,11-16H2,1-3H3,(H,21,22). The summed E-state index contributed by atoms with van der Waals surface area (Å²) < 4.78 is 5.21. The van der Waals surface area contributed by atoms with E-state index in [1.165, 1.54) is 38.5 Å². The molecule has 7 heteroatoms. The van der Waals surface area contributed by atoms with Gasteiger partial charge in [0.1, 0.15) is 0 Å². The lowest BCUT2D eigenvalue weighted by Crippen LogP contribution is -2.53. The third kappa shape index (κ3) is 7.25. The van der Waals surface area contributed by atoms with Crippen LogP contribution < -0.4 is 5.32 Å². The molecule has 0 aromatic carbocycles. The number of guanidine groups is 1. The first-order valence-corrected chi connectivity index (χ1v) is 10.0. The van der Waals surface area contributed by atoms with Gasteiger partial charge in [-0.2, -0.15) is 0 Å². The van der Waals surface area contributed by atoms with E-state index in [0.29, 0.717) is 18.8 Å². The SMILES string of the molecule is CN=C(NCCCCCCCN(C)C)N1CCN(C(=O)c2ccco2)CC1. The number of hydrogen-bond acceptors (Lipinski definition) is 4. The van der Waals surface area contributed by atoms with E-state index in [-0.39, 0.29) is 5.91 Å². The molecular weight excluding hydrogens is 342 g/mol. The Bertz CT molecular complexity index is 563. The monoisotopic (exact) mass is 377 g/mol. The van der Waals surface area contributed by atoms with Crippen LogP contribution in [0.15, 0.2) is 27.8 Å². The summed E-state index contributed by atoms with van der Waals surface area (Å²) in [4.78, 5) is 23.0. The van der Waals surface area contributed by atoms with Crippen molar-refractivity contribution in [2.45, 2.75) is 32.1 Å². The third-order valence-corrected chi connectivity index (χ3v) is 4.88.